The van der Waals surface area contributed by atoms with Gasteiger partial charge in [0.05, 0.1) is 28.0 Å². The van der Waals surface area contributed by atoms with Gasteiger partial charge in [0.15, 0.2) is 5.78 Å². The van der Waals surface area contributed by atoms with E-state index in [1.165, 1.54) is 24.2 Å². The summed E-state index contributed by atoms with van der Waals surface area (Å²) < 4.78 is 6.01. The van der Waals surface area contributed by atoms with Crippen LogP contribution in [-0.4, -0.2) is 67.1 Å². The van der Waals surface area contributed by atoms with Crippen LogP contribution in [0.25, 0.3) is 55.2 Å². The molecule has 6 aromatic heterocycles. The van der Waals surface area contributed by atoms with E-state index in [1.54, 1.807) is 25.5 Å². The van der Waals surface area contributed by atoms with Gasteiger partial charge in [-0.3, -0.25) is 19.8 Å². The number of fused-ring (bicyclic) bond motifs is 2. The van der Waals surface area contributed by atoms with Gasteiger partial charge in [-0.2, -0.15) is 5.10 Å². The zero-order chi connectivity index (χ0) is 27.1. The molecule has 1 aliphatic heterocycles. The largest absolute Gasteiger partial charge is 0.491 e. The highest BCUT2D eigenvalue weighted by atomic mass is 32.1. The zero-order valence-electron chi connectivity index (χ0n) is 22.0. The molecule has 7 rings (SSSR count). The summed E-state index contributed by atoms with van der Waals surface area (Å²) in [6.07, 6.45) is 7.87. The predicted molar refractivity (Wildman–Crippen MR) is 157 cm³/mol. The average Bonchev–Trinajstić information content (AvgIpc) is 3.78. The Morgan fingerprint density at radius 2 is 2.00 bits per heavy atom. The number of hydrogen-bond donors (Lipinski definition) is 2. The molecule has 0 bridgehead atoms. The predicted octanol–water partition coefficient (Wildman–Crippen LogP) is 5.97. The number of ketones is 1. The summed E-state index contributed by atoms with van der Waals surface area (Å²) in [6, 6.07) is 13.8. The SMILES string of the molecule is CC(=O)c1ccc(-c2ccnc3[nH]c(-c4n[nH]c5ccc(-c6cncc(OCCN7CCCC7)c6)nc45)cc23)s1. The fourth-order valence-corrected chi connectivity index (χ4v) is 6.17. The second-order valence-corrected chi connectivity index (χ2v) is 11.1. The van der Waals surface area contributed by atoms with E-state index in [0.29, 0.717) is 12.3 Å². The maximum absolute atomic E-state index is 11.8. The number of likely N-dealkylation sites (tertiary alicyclic amines) is 1. The lowest BCUT2D eigenvalue weighted by Crippen LogP contribution is -2.25. The Morgan fingerprint density at radius 1 is 1.10 bits per heavy atom. The first-order valence-corrected chi connectivity index (χ1v) is 14.2. The summed E-state index contributed by atoms with van der Waals surface area (Å²) in [4.78, 5) is 33.4. The topological polar surface area (TPSA) is 113 Å². The third-order valence-electron chi connectivity index (χ3n) is 7.30. The molecule has 0 spiro atoms. The molecule has 10 heteroatoms. The third-order valence-corrected chi connectivity index (χ3v) is 8.52. The van der Waals surface area contributed by atoms with Crippen LogP contribution < -0.4 is 4.74 Å². The molecule has 0 radical (unpaired) electrons. The number of nitrogens with zero attached hydrogens (tertiary/aromatic N) is 5. The van der Waals surface area contributed by atoms with Crippen molar-refractivity contribution in [3.8, 4) is 38.8 Å². The molecule has 0 amide bonds. The van der Waals surface area contributed by atoms with Crippen LogP contribution in [0.4, 0.5) is 0 Å². The van der Waals surface area contributed by atoms with Crippen molar-refractivity contribution in [3.05, 3.63) is 65.9 Å². The van der Waals surface area contributed by atoms with E-state index >= 15 is 0 Å². The molecule has 1 saturated heterocycles. The number of rotatable bonds is 8. The molecule has 1 fully saturated rings. The minimum absolute atomic E-state index is 0.0653. The molecule has 40 heavy (non-hydrogen) atoms. The van der Waals surface area contributed by atoms with Crippen molar-refractivity contribution < 1.29 is 9.53 Å². The number of Topliss-reactive ketones (excluding diaryl/α,β-unsaturated/α-hetero) is 1. The smallest absolute Gasteiger partial charge is 0.169 e. The van der Waals surface area contributed by atoms with Gasteiger partial charge in [-0.05, 0) is 75.3 Å². The standard InChI is InChI=1S/C30H27N7O2S/c1-18(38)26-6-7-27(40-26)21-8-9-32-30-22(21)15-25(34-30)29-28-24(35-36-29)5-4-23(33-28)19-14-20(17-31-16-19)39-13-12-37-10-2-3-11-37/h4-9,14-17H,2-3,10-13H2,1H3,(H,32,34)(H,35,36). The molecule has 0 atom stereocenters. The molecule has 2 N–H and O–H groups in total. The van der Waals surface area contributed by atoms with Crippen LogP contribution in [0.5, 0.6) is 5.75 Å². The normalized spacial score (nSPS) is 13.9. The van der Waals surface area contributed by atoms with Crippen LogP contribution in [0.1, 0.15) is 29.4 Å². The summed E-state index contributed by atoms with van der Waals surface area (Å²) in [5, 5.41) is 8.65. The molecule has 0 unspecified atom stereocenters. The Hall–Kier alpha value is -4.41. The quantitative estimate of drug-likeness (QED) is 0.225. The van der Waals surface area contributed by atoms with Crippen molar-refractivity contribution in [2.24, 2.45) is 0 Å². The zero-order valence-corrected chi connectivity index (χ0v) is 22.8. The molecular formula is C30H27N7O2S. The number of aromatic nitrogens is 6. The minimum Gasteiger partial charge on any atom is -0.491 e. The van der Waals surface area contributed by atoms with Gasteiger partial charge in [0.2, 0.25) is 0 Å². The van der Waals surface area contributed by atoms with Crippen LogP contribution in [0.3, 0.4) is 0 Å². The number of nitrogens with one attached hydrogen (secondary N) is 2. The van der Waals surface area contributed by atoms with Crippen LogP contribution in [0, 0.1) is 0 Å². The van der Waals surface area contributed by atoms with Gasteiger partial charge >= 0.3 is 0 Å². The van der Waals surface area contributed by atoms with Crippen molar-refractivity contribution in [1.82, 2.24) is 35.0 Å². The van der Waals surface area contributed by atoms with Crippen molar-refractivity contribution in [1.29, 1.82) is 0 Å². The molecule has 200 valence electrons. The van der Waals surface area contributed by atoms with E-state index in [1.807, 2.05) is 42.5 Å². The minimum atomic E-state index is 0.0653. The highest BCUT2D eigenvalue weighted by Gasteiger charge is 2.17. The van der Waals surface area contributed by atoms with E-state index < -0.39 is 0 Å². The summed E-state index contributed by atoms with van der Waals surface area (Å²) in [7, 11) is 0. The number of carbonyl (C=O) groups is 1. The second-order valence-electron chi connectivity index (χ2n) is 10.00. The number of thiophene rings is 1. The molecule has 0 saturated carbocycles. The number of carbonyl (C=O) groups excluding carboxylic acids is 1. The Labute approximate surface area is 234 Å². The average molecular weight is 550 g/mol. The maximum Gasteiger partial charge on any atom is 0.169 e. The number of aromatic amines is 2. The fraction of sp³-hybridized carbons (Fsp3) is 0.233. The molecule has 0 aromatic carbocycles. The summed E-state index contributed by atoms with van der Waals surface area (Å²) in [5.41, 5.74) is 6.55. The lowest BCUT2D eigenvalue weighted by atomic mass is 10.1. The molecular weight excluding hydrogens is 522 g/mol. The van der Waals surface area contributed by atoms with E-state index in [4.69, 9.17) is 9.72 Å². The van der Waals surface area contributed by atoms with Gasteiger partial charge in [0, 0.05) is 40.3 Å². The highest BCUT2D eigenvalue weighted by molar-refractivity contribution is 7.17. The number of H-pyrrole nitrogens is 2. The third kappa shape index (κ3) is 4.65. The van der Waals surface area contributed by atoms with Gasteiger partial charge in [-0.15, -0.1) is 11.3 Å². The number of pyridine rings is 3. The van der Waals surface area contributed by atoms with E-state index in [0.717, 1.165) is 79.7 Å². The van der Waals surface area contributed by atoms with Crippen LogP contribution in [-0.2, 0) is 0 Å². The first kappa shape index (κ1) is 24.6. The molecule has 6 aromatic rings. The first-order chi connectivity index (χ1) is 19.6. The molecule has 0 aliphatic carbocycles. The first-order valence-electron chi connectivity index (χ1n) is 13.4. The van der Waals surface area contributed by atoms with E-state index in [2.05, 4.69) is 30.0 Å². The van der Waals surface area contributed by atoms with E-state index in [-0.39, 0.29) is 5.78 Å². The second kappa shape index (κ2) is 10.3. The van der Waals surface area contributed by atoms with Gasteiger partial charge in [0.1, 0.15) is 29.2 Å². The van der Waals surface area contributed by atoms with Crippen LogP contribution >= 0.6 is 11.3 Å². The number of hydrogen-bond acceptors (Lipinski definition) is 8. The van der Waals surface area contributed by atoms with Gasteiger partial charge in [-0.1, -0.05) is 0 Å². The van der Waals surface area contributed by atoms with Gasteiger partial charge < -0.3 is 9.72 Å². The van der Waals surface area contributed by atoms with Crippen LogP contribution in [0.15, 0.2) is 61.1 Å². The van der Waals surface area contributed by atoms with Crippen molar-refractivity contribution in [3.63, 3.8) is 0 Å². The molecule has 1 aliphatic rings. The molecule has 7 heterocycles. The Bertz CT molecular complexity index is 1850. The van der Waals surface area contributed by atoms with Crippen molar-refractivity contribution >= 4 is 39.2 Å². The molecule has 9 nitrogen and oxygen atoms in total. The maximum atomic E-state index is 11.8. The Balaban J connectivity index is 1.20. The summed E-state index contributed by atoms with van der Waals surface area (Å²) >= 11 is 1.49. The van der Waals surface area contributed by atoms with Crippen molar-refractivity contribution in [2.45, 2.75) is 19.8 Å². The van der Waals surface area contributed by atoms with E-state index in [9.17, 15) is 4.79 Å². The fourth-order valence-electron chi connectivity index (χ4n) is 5.23. The monoisotopic (exact) mass is 549 g/mol. The van der Waals surface area contributed by atoms with Crippen LogP contribution in [0.2, 0.25) is 0 Å². The highest BCUT2D eigenvalue weighted by Crippen LogP contribution is 2.36. The Morgan fingerprint density at radius 3 is 2.85 bits per heavy atom. The lowest BCUT2D eigenvalue weighted by Gasteiger charge is -2.15. The summed E-state index contributed by atoms with van der Waals surface area (Å²) in [5.74, 6) is 0.803. The summed E-state index contributed by atoms with van der Waals surface area (Å²) in [6.45, 7) is 5.47. The lowest BCUT2D eigenvalue weighted by molar-refractivity contribution is 0.102. The Kier molecular flexibility index (Phi) is 6.33. The number of ether oxygens (including phenoxy) is 1. The van der Waals surface area contributed by atoms with Crippen molar-refractivity contribution in [2.75, 3.05) is 26.2 Å². The van der Waals surface area contributed by atoms with Gasteiger partial charge in [0.25, 0.3) is 0 Å². The van der Waals surface area contributed by atoms with Gasteiger partial charge in [-0.25, -0.2) is 9.97 Å².